The minimum Gasteiger partial charge on any atom is -0.383 e. The third-order valence-electron chi connectivity index (χ3n) is 4.13. The number of aliphatic hydroxyl groups is 1. The molecule has 0 aliphatic rings. The van der Waals surface area contributed by atoms with E-state index in [2.05, 4.69) is 34.1 Å². The summed E-state index contributed by atoms with van der Waals surface area (Å²) >= 11 is 0. The maximum atomic E-state index is 12.3. The Morgan fingerprint density at radius 1 is 1.36 bits per heavy atom. The standard InChI is InChI=1S/C18H27N5O2/c1-5-9-23(6-2)16-8-7-14(10-19-16)17(24)20-13-18(3,25)15-11-21-22(4)12-15/h7-8,10-12,25H,5-6,9,13H2,1-4H3,(H,20,24). The SMILES string of the molecule is CCCN(CC)c1ccc(C(=O)NCC(C)(O)c2cnn(C)c2)cn1. The van der Waals surface area contributed by atoms with Crippen molar-refractivity contribution in [3.05, 3.63) is 41.9 Å². The van der Waals surface area contributed by atoms with E-state index < -0.39 is 5.60 Å². The Morgan fingerprint density at radius 2 is 2.12 bits per heavy atom. The highest BCUT2D eigenvalue weighted by Crippen LogP contribution is 2.19. The molecule has 1 unspecified atom stereocenters. The van der Waals surface area contributed by atoms with Crippen molar-refractivity contribution >= 4 is 11.7 Å². The van der Waals surface area contributed by atoms with E-state index >= 15 is 0 Å². The Morgan fingerprint density at radius 3 is 2.64 bits per heavy atom. The fourth-order valence-corrected chi connectivity index (χ4v) is 2.57. The van der Waals surface area contributed by atoms with Crippen molar-refractivity contribution in [2.45, 2.75) is 32.8 Å². The second-order valence-electron chi connectivity index (χ2n) is 6.34. The molecule has 1 amide bonds. The molecule has 7 heteroatoms. The van der Waals surface area contributed by atoms with E-state index in [1.807, 2.05) is 6.07 Å². The molecular formula is C18H27N5O2. The predicted molar refractivity (Wildman–Crippen MR) is 97.5 cm³/mol. The first-order chi connectivity index (χ1) is 11.9. The molecule has 0 aromatic carbocycles. The molecule has 2 heterocycles. The molecule has 0 spiro atoms. The van der Waals surface area contributed by atoms with E-state index in [0.717, 1.165) is 25.3 Å². The number of pyridine rings is 1. The highest BCUT2D eigenvalue weighted by Gasteiger charge is 2.25. The molecule has 0 saturated heterocycles. The summed E-state index contributed by atoms with van der Waals surface area (Å²) in [5.74, 6) is 0.602. The number of nitrogens with zero attached hydrogens (tertiary/aromatic N) is 4. The molecule has 0 radical (unpaired) electrons. The normalized spacial score (nSPS) is 13.3. The van der Waals surface area contributed by atoms with Gasteiger partial charge in [0.15, 0.2) is 0 Å². The minimum absolute atomic E-state index is 0.0935. The first kappa shape index (κ1) is 18.9. The van der Waals surface area contributed by atoms with Crippen molar-refractivity contribution in [1.82, 2.24) is 20.1 Å². The Kier molecular flexibility index (Phi) is 6.14. The zero-order valence-electron chi connectivity index (χ0n) is 15.4. The zero-order valence-corrected chi connectivity index (χ0v) is 15.4. The van der Waals surface area contributed by atoms with Crippen LogP contribution in [0.1, 0.15) is 43.1 Å². The summed E-state index contributed by atoms with van der Waals surface area (Å²) in [6.07, 6.45) is 5.94. The monoisotopic (exact) mass is 345 g/mol. The minimum atomic E-state index is -1.18. The summed E-state index contributed by atoms with van der Waals surface area (Å²) in [4.78, 5) is 18.9. The van der Waals surface area contributed by atoms with Gasteiger partial charge in [0.1, 0.15) is 11.4 Å². The van der Waals surface area contributed by atoms with Crippen LogP contribution in [0.15, 0.2) is 30.7 Å². The van der Waals surface area contributed by atoms with Gasteiger partial charge in [0, 0.05) is 38.1 Å². The van der Waals surface area contributed by atoms with E-state index in [1.165, 1.54) is 0 Å². The lowest BCUT2D eigenvalue weighted by Gasteiger charge is -2.23. The predicted octanol–water partition coefficient (Wildman–Crippen LogP) is 1.69. The van der Waals surface area contributed by atoms with Crippen LogP contribution in [0.5, 0.6) is 0 Å². The highest BCUT2D eigenvalue weighted by atomic mass is 16.3. The molecule has 2 aromatic heterocycles. The van der Waals surface area contributed by atoms with Gasteiger partial charge in [-0.1, -0.05) is 6.92 Å². The molecule has 0 aliphatic carbocycles. The van der Waals surface area contributed by atoms with Crippen molar-refractivity contribution in [1.29, 1.82) is 0 Å². The number of aromatic nitrogens is 3. The average Bonchev–Trinajstić information content (AvgIpc) is 3.05. The summed E-state index contributed by atoms with van der Waals surface area (Å²) in [5.41, 5.74) is -0.0579. The second kappa shape index (κ2) is 8.11. The van der Waals surface area contributed by atoms with Gasteiger partial charge >= 0.3 is 0 Å². The van der Waals surface area contributed by atoms with Gasteiger partial charge in [-0.25, -0.2) is 4.98 Å². The maximum absolute atomic E-state index is 12.3. The Labute approximate surface area is 148 Å². The summed E-state index contributed by atoms with van der Waals surface area (Å²) in [6.45, 7) is 7.76. The molecule has 1 atom stereocenters. The van der Waals surface area contributed by atoms with Crippen LogP contribution in [-0.4, -0.2) is 45.4 Å². The van der Waals surface area contributed by atoms with Crippen LogP contribution in [0, 0.1) is 0 Å². The van der Waals surface area contributed by atoms with Gasteiger partial charge in [-0.15, -0.1) is 0 Å². The third kappa shape index (κ3) is 4.79. The fourth-order valence-electron chi connectivity index (χ4n) is 2.57. The van der Waals surface area contributed by atoms with Crippen LogP contribution in [0.3, 0.4) is 0 Å². The zero-order chi connectivity index (χ0) is 18.4. The first-order valence-corrected chi connectivity index (χ1v) is 8.58. The molecule has 0 saturated carbocycles. The van der Waals surface area contributed by atoms with E-state index in [1.54, 1.807) is 43.3 Å². The Hall–Kier alpha value is -2.41. The van der Waals surface area contributed by atoms with Crippen molar-refractivity contribution in [2.75, 3.05) is 24.5 Å². The largest absolute Gasteiger partial charge is 0.383 e. The van der Waals surface area contributed by atoms with Gasteiger partial charge in [-0.05, 0) is 32.4 Å². The van der Waals surface area contributed by atoms with Crippen LogP contribution in [0.4, 0.5) is 5.82 Å². The highest BCUT2D eigenvalue weighted by molar-refractivity contribution is 5.94. The number of hydrogen-bond acceptors (Lipinski definition) is 5. The van der Waals surface area contributed by atoms with Gasteiger partial charge in [0.2, 0.25) is 0 Å². The lowest BCUT2D eigenvalue weighted by atomic mass is 9.99. The van der Waals surface area contributed by atoms with Gasteiger partial charge in [0.25, 0.3) is 5.91 Å². The number of hydrogen-bond donors (Lipinski definition) is 2. The molecule has 0 aliphatic heterocycles. The Bertz CT molecular complexity index is 694. The smallest absolute Gasteiger partial charge is 0.252 e. The first-order valence-electron chi connectivity index (χ1n) is 8.58. The van der Waals surface area contributed by atoms with Gasteiger partial charge in [-0.2, -0.15) is 5.10 Å². The fraction of sp³-hybridized carbons (Fsp3) is 0.500. The molecule has 136 valence electrons. The molecule has 0 fully saturated rings. The summed E-state index contributed by atoms with van der Waals surface area (Å²) in [7, 11) is 1.78. The van der Waals surface area contributed by atoms with E-state index in [9.17, 15) is 9.90 Å². The number of anilines is 1. The summed E-state index contributed by atoms with van der Waals surface area (Å²) in [5, 5.41) is 17.3. The van der Waals surface area contributed by atoms with E-state index in [-0.39, 0.29) is 12.5 Å². The molecule has 0 bridgehead atoms. The molecule has 7 nitrogen and oxygen atoms in total. The number of carbonyl (C=O) groups is 1. The Balaban J connectivity index is 1.99. The van der Waals surface area contributed by atoms with Crippen molar-refractivity contribution in [3.8, 4) is 0 Å². The number of rotatable bonds is 8. The quantitative estimate of drug-likeness (QED) is 0.761. The van der Waals surface area contributed by atoms with Crippen LogP contribution in [0.2, 0.25) is 0 Å². The summed E-state index contributed by atoms with van der Waals surface area (Å²) in [6, 6.07) is 3.61. The van der Waals surface area contributed by atoms with Crippen molar-refractivity contribution < 1.29 is 9.90 Å². The van der Waals surface area contributed by atoms with E-state index in [4.69, 9.17) is 0 Å². The molecule has 25 heavy (non-hydrogen) atoms. The summed E-state index contributed by atoms with van der Waals surface area (Å²) < 4.78 is 1.62. The number of amides is 1. The van der Waals surface area contributed by atoms with Crippen LogP contribution >= 0.6 is 0 Å². The average molecular weight is 345 g/mol. The van der Waals surface area contributed by atoms with Crippen molar-refractivity contribution in [2.24, 2.45) is 7.05 Å². The number of aryl methyl sites for hydroxylation is 1. The number of nitrogens with one attached hydrogen (secondary N) is 1. The van der Waals surface area contributed by atoms with Gasteiger partial charge < -0.3 is 15.3 Å². The molecular weight excluding hydrogens is 318 g/mol. The van der Waals surface area contributed by atoms with E-state index in [0.29, 0.717) is 11.1 Å². The topological polar surface area (TPSA) is 83.3 Å². The van der Waals surface area contributed by atoms with Gasteiger partial charge in [-0.3, -0.25) is 9.48 Å². The molecule has 2 aromatic rings. The lowest BCUT2D eigenvalue weighted by Crippen LogP contribution is -2.38. The maximum Gasteiger partial charge on any atom is 0.252 e. The van der Waals surface area contributed by atoms with Crippen LogP contribution in [-0.2, 0) is 12.6 Å². The number of carbonyl (C=O) groups excluding carboxylic acids is 1. The molecule has 2 N–H and O–H groups in total. The second-order valence-corrected chi connectivity index (χ2v) is 6.34. The van der Waals surface area contributed by atoms with Crippen molar-refractivity contribution in [3.63, 3.8) is 0 Å². The van der Waals surface area contributed by atoms with Crippen LogP contribution < -0.4 is 10.2 Å². The van der Waals surface area contributed by atoms with Crippen LogP contribution in [0.25, 0.3) is 0 Å². The lowest BCUT2D eigenvalue weighted by molar-refractivity contribution is 0.0525. The van der Waals surface area contributed by atoms with Gasteiger partial charge in [0.05, 0.1) is 18.3 Å². The molecule has 2 rings (SSSR count). The third-order valence-corrected chi connectivity index (χ3v) is 4.13.